The Morgan fingerprint density at radius 1 is 1.22 bits per heavy atom. The number of hydrogen-bond acceptors (Lipinski definition) is 5. The van der Waals surface area contributed by atoms with Gasteiger partial charge in [0.2, 0.25) is 6.79 Å². The Balaban J connectivity index is 1.67. The molecule has 0 saturated carbocycles. The molecular formula is C18H17NO4. The standard InChI is InChI=1S/C18H17NO4/c1-2-21-16-6-4-3-5-14(16)19-10-9-15(20)13-7-8-17-18(11-13)23-12-22-17/h3-11,19H,2,12H2,1H3. The lowest BCUT2D eigenvalue weighted by molar-refractivity contribution is 0.104. The summed E-state index contributed by atoms with van der Waals surface area (Å²) in [5, 5.41) is 3.07. The van der Waals surface area contributed by atoms with Gasteiger partial charge in [0.1, 0.15) is 5.75 Å². The molecule has 2 aromatic carbocycles. The highest BCUT2D eigenvalue weighted by Gasteiger charge is 2.15. The largest absolute Gasteiger partial charge is 0.492 e. The number of anilines is 1. The van der Waals surface area contributed by atoms with Gasteiger partial charge in [0, 0.05) is 17.8 Å². The van der Waals surface area contributed by atoms with Crippen molar-refractivity contribution in [1.82, 2.24) is 0 Å². The summed E-state index contributed by atoms with van der Waals surface area (Å²) in [6, 6.07) is 12.7. The number of carbonyl (C=O) groups excluding carboxylic acids is 1. The number of ketones is 1. The van der Waals surface area contributed by atoms with E-state index in [-0.39, 0.29) is 12.6 Å². The van der Waals surface area contributed by atoms with Crippen molar-refractivity contribution in [3.63, 3.8) is 0 Å². The third-order valence-corrected chi connectivity index (χ3v) is 3.32. The molecular weight excluding hydrogens is 294 g/mol. The average molecular weight is 311 g/mol. The molecule has 0 radical (unpaired) electrons. The Morgan fingerprint density at radius 3 is 2.91 bits per heavy atom. The summed E-state index contributed by atoms with van der Waals surface area (Å²) in [5.41, 5.74) is 1.36. The highest BCUT2D eigenvalue weighted by Crippen LogP contribution is 2.32. The normalized spacial score (nSPS) is 12.4. The number of rotatable bonds is 6. The monoisotopic (exact) mass is 311 g/mol. The van der Waals surface area contributed by atoms with Crippen molar-refractivity contribution in [1.29, 1.82) is 0 Å². The second-order valence-corrected chi connectivity index (χ2v) is 4.84. The number of allylic oxidation sites excluding steroid dienone is 1. The lowest BCUT2D eigenvalue weighted by atomic mass is 10.1. The van der Waals surface area contributed by atoms with Crippen LogP contribution in [0.5, 0.6) is 17.2 Å². The summed E-state index contributed by atoms with van der Waals surface area (Å²) in [7, 11) is 0. The molecule has 1 aliphatic heterocycles. The van der Waals surface area contributed by atoms with Crippen LogP contribution in [-0.2, 0) is 0 Å². The highest BCUT2D eigenvalue weighted by atomic mass is 16.7. The summed E-state index contributed by atoms with van der Waals surface area (Å²) < 4.78 is 16.0. The molecule has 118 valence electrons. The molecule has 0 atom stereocenters. The molecule has 0 aliphatic carbocycles. The number of benzene rings is 2. The Hall–Kier alpha value is -2.95. The van der Waals surface area contributed by atoms with E-state index in [1.807, 2.05) is 31.2 Å². The molecule has 0 saturated heterocycles. The maximum Gasteiger partial charge on any atom is 0.231 e. The number of hydrogen-bond donors (Lipinski definition) is 1. The zero-order valence-corrected chi connectivity index (χ0v) is 12.7. The van der Waals surface area contributed by atoms with Gasteiger partial charge in [0.15, 0.2) is 17.3 Å². The Labute approximate surface area is 134 Å². The van der Waals surface area contributed by atoms with Crippen molar-refractivity contribution in [3.8, 4) is 17.2 Å². The van der Waals surface area contributed by atoms with Gasteiger partial charge in [-0.05, 0) is 37.3 Å². The lowest BCUT2D eigenvalue weighted by Gasteiger charge is -2.09. The minimum atomic E-state index is -0.121. The molecule has 23 heavy (non-hydrogen) atoms. The Morgan fingerprint density at radius 2 is 2.04 bits per heavy atom. The van der Waals surface area contributed by atoms with Crippen molar-refractivity contribution < 1.29 is 19.0 Å². The first-order valence-electron chi connectivity index (χ1n) is 7.37. The van der Waals surface area contributed by atoms with Gasteiger partial charge in [-0.15, -0.1) is 0 Å². The van der Waals surface area contributed by atoms with Crippen LogP contribution in [0.1, 0.15) is 17.3 Å². The molecule has 5 nitrogen and oxygen atoms in total. The van der Waals surface area contributed by atoms with Gasteiger partial charge >= 0.3 is 0 Å². The van der Waals surface area contributed by atoms with Gasteiger partial charge in [-0.2, -0.15) is 0 Å². The van der Waals surface area contributed by atoms with E-state index in [0.29, 0.717) is 23.7 Å². The van der Waals surface area contributed by atoms with E-state index in [0.717, 1.165) is 11.4 Å². The van der Waals surface area contributed by atoms with E-state index in [1.54, 1.807) is 24.4 Å². The van der Waals surface area contributed by atoms with Crippen molar-refractivity contribution in [2.75, 3.05) is 18.7 Å². The topological polar surface area (TPSA) is 56.8 Å². The van der Waals surface area contributed by atoms with E-state index >= 15 is 0 Å². The molecule has 2 aromatic rings. The fourth-order valence-corrected chi connectivity index (χ4v) is 2.22. The number of para-hydroxylation sites is 2. The van der Waals surface area contributed by atoms with Crippen LogP contribution in [0.2, 0.25) is 0 Å². The first kappa shape index (κ1) is 15.0. The van der Waals surface area contributed by atoms with Crippen molar-refractivity contribution in [2.45, 2.75) is 6.92 Å². The second kappa shape index (κ2) is 6.87. The predicted octanol–water partition coefficient (Wildman–Crippen LogP) is 3.62. The first-order valence-corrected chi connectivity index (χ1v) is 7.37. The van der Waals surface area contributed by atoms with Crippen LogP contribution in [0.4, 0.5) is 5.69 Å². The van der Waals surface area contributed by atoms with Crippen LogP contribution in [-0.4, -0.2) is 19.2 Å². The summed E-state index contributed by atoms with van der Waals surface area (Å²) in [6.45, 7) is 2.70. The van der Waals surface area contributed by atoms with Crippen molar-refractivity contribution in [2.24, 2.45) is 0 Å². The zero-order chi connectivity index (χ0) is 16.1. The first-order chi connectivity index (χ1) is 11.3. The van der Waals surface area contributed by atoms with Crippen LogP contribution in [0, 0.1) is 0 Å². The molecule has 1 heterocycles. The molecule has 0 amide bonds. The minimum absolute atomic E-state index is 0.121. The number of ether oxygens (including phenoxy) is 3. The molecule has 0 unspecified atom stereocenters. The van der Waals surface area contributed by atoms with Crippen LogP contribution in [0.25, 0.3) is 0 Å². The van der Waals surface area contributed by atoms with Gasteiger partial charge in [-0.3, -0.25) is 4.79 Å². The van der Waals surface area contributed by atoms with E-state index < -0.39 is 0 Å². The SMILES string of the molecule is CCOc1ccccc1NC=CC(=O)c1ccc2c(c1)OCO2. The Bertz CT molecular complexity index is 740. The summed E-state index contributed by atoms with van der Waals surface area (Å²) >= 11 is 0. The van der Waals surface area contributed by atoms with Gasteiger partial charge in [0.05, 0.1) is 12.3 Å². The third-order valence-electron chi connectivity index (χ3n) is 3.32. The molecule has 0 bridgehead atoms. The van der Waals surface area contributed by atoms with Gasteiger partial charge < -0.3 is 19.5 Å². The Kier molecular flexibility index (Phi) is 4.47. The van der Waals surface area contributed by atoms with Crippen LogP contribution < -0.4 is 19.5 Å². The molecule has 3 rings (SSSR count). The maximum absolute atomic E-state index is 12.2. The highest BCUT2D eigenvalue weighted by molar-refractivity contribution is 6.05. The molecule has 0 fully saturated rings. The molecule has 5 heteroatoms. The average Bonchev–Trinajstić information content (AvgIpc) is 3.04. The summed E-state index contributed by atoms with van der Waals surface area (Å²) in [6.07, 6.45) is 3.07. The number of nitrogens with one attached hydrogen (secondary N) is 1. The summed E-state index contributed by atoms with van der Waals surface area (Å²) in [5.74, 6) is 1.88. The zero-order valence-electron chi connectivity index (χ0n) is 12.7. The van der Waals surface area contributed by atoms with E-state index in [1.165, 1.54) is 6.08 Å². The predicted molar refractivity (Wildman–Crippen MR) is 87.3 cm³/mol. The molecule has 1 aliphatic rings. The molecule has 0 spiro atoms. The van der Waals surface area contributed by atoms with Crippen LogP contribution in [0.3, 0.4) is 0 Å². The number of carbonyl (C=O) groups is 1. The van der Waals surface area contributed by atoms with Gasteiger partial charge in [-0.25, -0.2) is 0 Å². The molecule has 1 N–H and O–H groups in total. The van der Waals surface area contributed by atoms with E-state index in [4.69, 9.17) is 14.2 Å². The van der Waals surface area contributed by atoms with Gasteiger partial charge in [0.25, 0.3) is 0 Å². The smallest absolute Gasteiger partial charge is 0.231 e. The fourth-order valence-electron chi connectivity index (χ4n) is 2.22. The minimum Gasteiger partial charge on any atom is -0.492 e. The van der Waals surface area contributed by atoms with E-state index in [2.05, 4.69) is 5.32 Å². The second-order valence-electron chi connectivity index (χ2n) is 4.84. The quantitative estimate of drug-likeness (QED) is 0.652. The van der Waals surface area contributed by atoms with Crippen molar-refractivity contribution in [3.05, 3.63) is 60.3 Å². The van der Waals surface area contributed by atoms with Gasteiger partial charge in [-0.1, -0.05) is 12.1 Å². The third kappa shape index (κ3) is 3.45. The lowest BCUT2D eigenvalue weighted by Crippen LogP contribution is -1.99. The van der Waals surface area contributed by atoms with Crippen LogP contribution in [0.15, 0.2) is 54.7 Å². The maximum atomic E-state index is 12.2. The van der Waals surface area contributed by atoms with E-state index in [9.17, 15) is 4.79 Å². The fraction of sp³-hybridized carbons (Fsp3) is 0.167. The number of fused-ring (bicyclic) bond motifs is 1. The van der Waals surface area contributed by atoms with Crippen LogP contribution >= 0.6 is 0 Å². The van der Waals surface area contributed by atoms with Crippen molar-refractivity contribution >= 4 is 11.5 Å². The summed E-state index contributed by atoms with van der Waals surface area (Å²) in [4.78, 5) is 12.2. The molecule has 0 aromatic heterocycles.